The summed E-state index contributed by atoms with van der Waals surface area (Å²) in [7, 11) is 0. The topological polar surface area (TPSA) is 23.9 Å². The Morgan fingerprint density at radius 3 is 2.12 bits per heavy atom. The highest BCUT2D eigenvalue weighted by Gasteiger charge is 1.96. The Morgan fingerprint density at radius 1 is 1.50 bits per heavy atom. The standard InChI is InChI=1S/C5H5F2N/c1-2-3-4(6)5(7)8/h2-3,8H,1H2/b4-3+,8-5?. The molecule has 0 amide bonds. The van der Waals surface area contributed by atoms with Crippen LogP contribution in [0.4, 0.5) is 8.78 Å². The van der Waals surface area contributed by atoms with Crippen molar-refractivity contribution in [3.8, 4) is 0 Å². The van der Waals surface area contributed by atoms with E-state index in [1.165, 1.54) is 0 Å². The summed E-state index contributed by atoms with van der Waals surface area (Å²) in [5.41, 5.74) is 0. The first-order valence-corrected chi connectivity index (χ1v) is 1.91. The van der Waals surface area contributed by atoms with Gasteiger partial charge in [0, 0.05) is 0 Å². The first kappa shape index (κ1) is 7.01. The monoisotopic (exact) mass is 117 g/mol. The summed E-state index contributed by atoms with van der Waals surface area (Å²) in [4.78, 5) is 0. The van der Waals surface area contributed by atoms with Crippen LogP contribution < -0.4 is 0 Å². The maximum atomic E-state index is 11.7. The molecule has 0 aromatic rings. The van der Waals surface area contributed by atoms with Gasteiger partial charge in [0.05, 0.1) is 0 Å². The van der Waals surface area contributed by atoms with Crippen molar-refractivity contribution < 1.29 is 8.78 Å². The van der Waals surface area contributed by atoms with Crippen molar-refractivity contribution in [3.63, 3.8) is 0 Å². The molecule has 0 spiro atoms. The van der Waals surface area contributed by atoms with Gasteiger partial charge >= 0.3 is 0 Å². The molecule has 0 aromatic heterocycles. The Kier molecular flexibility index (Phi) is 2.69. The van der Waals surface area contributed by atoms with Crippen molar-refractivity contribution in [3.05, 3.63) is 24.6 Å². The maximum Gasteiger partial charge on any atom is 0.241 e. The Morgan fingerprint density at radius 2 is 2.00 bits per heavy atom. The van der Waals surface area contributed by atoms with E-state index in [0.717, 1.165) is 12.2 Å². The largest absolute Gasteiger partial charge is 0.272 e. The number of hydrogen-bond acceptors (Lipinski definition) is 1. The quantitative estimate of drug-likeness (QED) is 0.422. The van der Waals surface area contributed by atoms with Crippen LogP contribution in [-0.4, -0.2) is 5.97 Å². The highest BCUT2D eigenvalue weighted by Crippen LogP contribution is 1.98. The van der Waals surface area contributed by atoms with Crippen LogP contribution in [0.15, 0.2) is 24.6 Å². The third kappa shape index (κ3) is 2.23. The second-order valence-corrected chi connectivity index (χ2v) is 1.06. The molecule has 1 nitrogen and oxygen atoms in total. The molecule has 0 heterocycles. The van der Waals surface area contributed by atoms with Crippen molar-refractivity contribution >= 4 is 5.97 Å². The minimum absolute atomic E-state index is 0.780. The molecule has 0 fully saturated rings. The summed E-state index contributed by atoms with van der Waals surface area (Å²) in [5.74, 6) is -2.76. The van der Waals surface area contributed by atoms with Crippen LogP contribution >= 0.6 is 0 Å². The fraction of sp³-hybridized carbons (Fsp3) is 0. The van der Waals surface area contributed by atoms with Crippen LogP contribution in [0.2, 0.25) is 0 Å². The fourth-order valence-corrected chi connectivity index (χ4v) is 0.177. The third-order valence-electron chi connectivity index (χ3n) is 0.474. The predicted molar refractivity (Wildman–Crippen MR) is 28.2 cm³/mol. The van der Waals surface area contributed by atoms with E-state index >= 15 is 0 Å². The number of nitrogens with one attached hydrogen (secondary N) is 1. The SMILES string of the molecule is C=C/C=C(/F)C(=N)F. The van der Waals surface area contributed by atoms with E-state index in [1.54, 1.807) is 0 Å². The van der Waals surface area contributed by atoms with Crippen LogP contribution in [0.25, 0.3) is 0 Å². The Balaban J connectivity index is 3.99. The Hall–Kier alpha value is -0.990. The molecule has 0 rings (SSSR count). The zero-order valence-corrected chi connectivity index (χ0v) is 4.12. The maximum absolute atomic E-state index is 11.7. The first-order valence-electron chi connectivity index (χ1n) is 1.91. The molecule has 8 heavy (non-hydrogen) atoms. The lowest BCUT2D eigenvalue weighted by molar-refractivity contribution is 0.637. The molecule has 0 aliphatic heterocycles. The van der Waals surface area contributed by atoms with E-state index in [-0.39, 0.29) is 0 Å². The number of hydrogen-bond donors (Lipinski definition) is 1. The molecule has 0 atom stereocenters. The minimum atomic E-state index is -1.56. The van der Waals surface area contributed by atoms with Crippen molar-refractivity contribution in [2.75, 3.05) is 0 Å². The highest BCUT2D eigenvalue weighted by atomic mass is 19.2. The zero-order valence-electron chi connectivity index (χ0n) is 4.12. The van der Waals surface area contributed by atoms with Crippen LogP contribution in [0, 0.1) is 5.41 Å². The summed E-state index contributed by atoms with van der Waals surface area (Å²) in [6.07, 6.45) is 1.85. The van der Waals surface area contributed by atoms with Crippen LogP contribution in [-0.2, 0) is 0 Å². The van der Waals surface area contributed by atoms with E-state index in [4.69, 9.17) is 5.41 Å². The highest BCUT2D eigenvalue weighted by molar-refractivity contribution is 5.87. The summed E-state index contributed by atoms with van der Waals surface area (Å²) in [5, 5.41) is 6.05. The fourth-order valence-electron chi connectivity index (χ4n) is 0.177. The van der Waals surface area contributed by atoms with Crippen molar-refractivity contribution in [1.82, 2.24) is 0 Å². The van der Waals surface area contributed by atoms with Gasteiger partial charge in [-0.2, -0.15) is 4.39 Å². The second kappa shape index (κ2) is 3.07. The molecule has 0 bridgehead atoms. The van der Waals surface area contributed by atoms with Crippen LogP contribution in [0.5, 0.6) is 0 Å². The number of halogens is 2. The molecule has 0 unspecified atom stereocenters. The number of rotatable bonds is 2. The van der Waals surface area contributed by atoms with E-state index in [9.17, 15) is 8.78 Å². The van der Waals surface area contributed by atoms with E-state index in [0.29, 0.717) is 0 Å². The zero-order chi connectivity index (χ0) is 6.57. The molecular formula is C5H5F2N. The minimum Gasteiger partial charge on any atom is -0.272 e. The average Bonchev–Trinajstić information content (AvgIpc) is 1.67. The van der Waals surface area contributed by atoms with Crippen molar-refractivity contribution in [2.45, 2.75) is 0 Å². The van der Waals surface area contributed by atoms with Gasteiger partial charge in [-0.15, -0.1) is 0 Å². The summed E-state index contributed by atoms with van der Waals surface area (Å²) < 4.78 is 23.1. The van der Waals surface area contributed by atoms with Crippen LogP contribution in [0.3, 0.4) is 0 Å². The summed E-state index contributed by atoms with van der Waals surface area (Å²) >= 11 is 0. The molecule has 0 saturated heterocycles. The molecule has 0 saturated carbocycles. The van der Waals surface area contributed by atoms with Gasteiger partial charge in [0.15, 0.2) is 5.83 Å². The van der Waals surface area contributed by atoms with Gasteiger partial charge in [-0.3, -0.25) is 5.41 Å². The molecular weight excluding hydrogens is 112 g/mol. The molecule has 0 aliphatic rings. The summed E-state index contributed by atoms with van der Waals surface area (Å²) in [6.45, 7) is 3.10. The summed E-state index contributed by atoms with van der Waals surface area (Å²) in [6, 6.07) is 0. The Bertz CT molecular complexity index is 137. The van der Waals surface area contributed by atoms with Crippen LogP contribution in [0.1, 0.15) is 0 Å². The van der Waals surface area contributed by atoms with E-state index < -0.39 is 11.8 Å². The van der Waals surface area contributed by atoms with Gasteiger partial charge in [0.25, 0.3) is 0 Å². The average molecular weight is 117 g/mol. The molecule has 1 N–H and O–H groups in total. The van der Waals surface area contributed by atoms with Crippen molar-refractivity contribution in [1.29, 1.82) is 5.41 Å². The molecule has 44 valence electrons. The Labute approximate surface area is 45.8 Å². The molecule has 0 aliphatic carbocycles. The van der Waals surface area contributed by atoms with Gasteiger partial charge in [0.2, 0.25) is 5.97 Å². The normalized spacial score (nSPS) is 11.0. The smallest absolute Gasteiger partial charge is 0.241 e. The lowest BCUT2D eigenvalue weighted by Crippen LogP contribution is -1.83. The third-order valence-corrected chi connectivity index (χ3v) is 0.474. The van der Waals surface area contributed by atoms with E-state index in [1.807, 2.05) is 0 Å². The molecule has 0 radical (unpaired) electrons. The van der Waals surface area contributed by atoms with Crippen molar-refractivity contribution in [2.24, 2.45) is 0 Å². The second-order valence-electron chi connectivity index (χ2n) is 1.06. The molecule has 0 aromatic carbocycles. The molecule has 3 heteroatoms. The van der Waals surface area contributed by atoms with Gasteiger partial charge < -0.3 is 0 Å². The van der Waals surface area contributed by atoms with Gasteiger partial charge in [0.1, 0.15) is 0 Å². The van der Waals surface area contributed by atoms with E-state index in [2.05, 4.69) is 6.58 Å². The van der Waals surface area contributed by atoms with Gasteiger partial charge in [-0.1, -0.05) is 12.7 Å². The van der Waals surface area contributed by atoms with Gasteiger partial charge in [-0.05, 0) is 6.08 Å². The predicted octanol–water partition coefficient (Wildman–Crippen LogP) is 1.97. The number of allylic oxidation sites excluding steroid dienone is 3. The lowest BCUT2D eigenvalue weighted by atomic mass is 10.5. The lowest BCUT2D eigenvalue weighted by Gasteiger charge is -1.81. The van der Waals surface area contributed by atoms with Gasteiger partial charge in [-0.25, -0.2) is 4.39 Å². The first-order chi connectivity index (χ1) is 3.68.